The highest BCUT2D eigenvalue weighted by atomic mass is 32.1. The smallest absolute Gasteiger partial charge is 0.378 e. The third-order valence-corrected chi connectivity index (χ3v) is 7.35. The van der Waals surface area contributed by atoms with Crippen LogP contribution in [0.3, 0.4) is 0 Å². The van der Waals surface area contributed by atoms with Gasteiger partial charge in [-0.3, -0.25) is 14.3 Å². The highest BCUT2D eigenvalue weighted by molar-refractivity contribution is 7.15. The Morgan fingerprint density at radius 1 is 1.16 bits per heavy atom. The fraction of sp³-hybridized carbons (Fsp3) is 0.375. The normalized spacial score (nSPS) is 14.3. The van der Waals surface area contributed by atoms with Crippen LogP contribution in [0.4, 0.5) is 18.9 Å². The first-order valence-corrected chi connectivity index (χ1v) is 12.8. The number of morpholine rings is 1. The second-order valence-electron chi connectivity index (χ2n) is 8.52. The Morgan fingerprint density at radius 2 is 1.92 bits per heavy atom. The van der Waals surface area contributed by atoms with Crippen LogP contribution in [0.25, 0.3) is 16.2 Å². The van der Waals surface area contributed by atoms with Crippen LogP contribution in [0.2, 0.25) is 0 Å². The molecule has 2 amide bonds. The number of aryl methyl sites for hydroxylation is 2. The Hall–Kier alpha value is -3.78. The Bertz CT molecular complexity index is 1500. The minimum absolute atomic E-state index is 0.125. The number of ether oxygens (including phenoxy) is 1. The maximum atomic E-state index is 14.0. The lowest BCUT2D eigenvalue weighted by Crippen LogP contribution is -2.41. The summed E-state index contributed by atoms with van der Waals surface area (Å²) >= 11 is 1.36. The van der Waals surface area contributed by atoms with Gasteiger partial charge in [0.25, 0.3) is 11.8 Å². The lowest BCUT2D eigenvalue weighted by atomic mass is 10.2. The van der Waals surface area contributed by atoms with Crippen LogP contribution in [-0.4, -0.2) is 67.4 Å². The van der Waals surface area contributed by atoms with Crippen molar-refractivity contribution < 1.29 is 27.5 Å². The molecular formula is C24H24F3N7O3S. The van der Waals surface area contributed by atoms with E-state index in [-0.39, 0.29) is 34.3 Å². The van der Waals surface area contributed by atoms with Gasteiger partial charge in [-0.15, -0.1) is 11.3 Å². The van der Waals surface area contributed by atoms with Gasteiger partial charge in [-0.25, -0.2) is 9.50 Å². The molecular weight excluding hydrogens is 523 g/mol. The molecule has 0 atom stereocenters. The molecule has 1 aliphatic heterocycles. The molecule has 4 aromatic heterocycles. The number of nitrogens with one attached hydrogen (secondary N) is 1. The van der Waals surface area contributed by atoms with Crippen molar-refractivity contribution in [2.75, 3.05) is 31.6 Å². The van der Waals surface area contributed by atoms with Gasteiger partial charge >= 0.3 is 6.18 Å². The first-order chi connectivity index (χ1) is 18.2. The lowest BCUT2D eigenvalue weighted by Gasteiger charge is -2.27. The zero-order valence-electron chi connectivity index (χ0n) is 20.6. The number of fused-ring (bicyclic) bond motifs is 1. The van der Waals surface area contributed by atoms with Gasteiger partial charge in [-0.2, -0.15) is 23.4 Å². The fourth-order valence-electron chi connectivity index (χ4n) is 4.16. The quantitative estimate of drug-likeness (QED) is 0.392. The van der Waals surface area contributed by atoms with E-state index in [1.807, 2.05) is 13.0 Å². The number of hydrogen-bond donors (Lipinski definition) is 1. The summed E-state index contributed by atoms with van der Waals surface area (Å²) in [6.45, 7) is 5.72. The number of carbonyl (C=O) groups excluding carboxylic acids is 2. The highest BCUT2D eigenvalue weighted by Crippen LogP contribution is 2.34. The third-order valence-electron chi connectivity index (χ3n) is 6.10. The van der Waals surface area contributed by atoms with Gasteiger partial charge in [-0.05, 0) is 31.5 Å². The summed E-state index contributed by atoms with van der Waals surface area (Å²) in [6.07, 6.45) is -2.65. The first-order valence-electron chi connectivity index (χ1n) is 12.0. The number of halogens is 3. The van der Waals surface area contributed by atoms with Crippen LogP contribution in [0.1, 0.15) is 45.4 Å². The number of nitrogens with zero attached hydrogens (tertiary/aromatic N) is 6. The molecule has 38 heavy (non-hydrogen) atoms. The second-order valence-corrected chi connectivity index (χ2v) is 9.69. The molecule has 1 fully saturated rings. The summed E-state index contributed by atoms with van der Waals surface area (Å²) in [5.74, 6) is -1.12. The van der Waals surface area contributed by atoms with E-state index in [1.54, 1.807) is 17.9 Å². The summed E-state index contributed by atoms with van der Waals surface area (Å²) in [5.41, 5.74) is -1.00. The van der Waals surface area contributed by atoms with Gasteiger partial charge in [0.05, 0.1) is 35.7 Å². The van der Waals surface area contributed by atoms with Crippen molar-refractivity contribution in [2.45, 2.75) is 33.0 Å². The topological polar surface area (TPSA) is 107 Å². The van der Waals surface area contributed by atoms with Crippen molar-refractivity contribution in [3.05, 3.63) is 52.4 Å². The van der Waals surface area contributed by atoms with Crippen molar-refractivity contribution in [3.8, 4) is 10.6 Å². The van der Waals surface area contributed by atoms with E-state index >= 15 is 0 Å². The minimum atomic E-state index is -4.74. The van der Waals surface area contributed by atoms with Gasteiger partial charge in [-0.1, -0.05) is 6.92 Å². The number of amides is 2. The molecule has 10 nitrogen and oxygen atoms in total. The predicted molar refractivity (Wildman–Crippen MR) is 133 cm³/mol. The van der Waals surface area contributed by atoms with Gasteiger partial charge in [0.2, 0.25) is 0 Å². The maximum absolute atomic E-state index is 14.0. The molecule has 1 saturated heterocycles. The van der Waals surface area contributed by atoms with Crippen LogP contribution < -0.4 is 5.32 Å². The van der Waals surface area contributed by atoms with Crippen LogP contribution in [0.5, 0.6) is 0 Å². The number of rotatable bonds is 6. The molecule has 14 heteroatoms. The number of carbonyl (C=O) groups is 2. The molecule has 0 radical (unpaired) electrons. The van der Waals surface area contributed by atoms with Crippen LogP contribution >= 0.6 is 11.3 Å². The van der Waals surface area contributed by atoms with Gasteiger partial charge in [0.15, 0.2) is 17.0 Å². The Balaban J connectivity index is 1.49. The summed E-state index contributed by atoms with van der Waals surface area (Å²) in [4.78, 5) is 33.8. The molecule has 0 aliphatic carbocycles. The van der Waals surface area contributed by atoms with E-state index < -0.39 is 17.8 Å². The molecule has 4 aromatic rings. The van der Waals surface area contributed by atoms with Gasteiger partial charge in [0, 0.05) is 30.6 Å². The van der Waals surface area contributed by atoms with Crippen molar-refractivity contribution in [3.63, 3.8) is 0 Å². The molecule has 0 spiro atoms. The standard InChI is InChI=1S/C24H24F3N7O3S/c1-3-14-5-6-18(38-14)15-11-19(24(25,26)27)34-20(29-15)12-16(31-34)22(35)30-17-13-28-33(4-2)21(17)23(36)32-7-9-37-10-8-32/h5-6,11-13H,3-4,7-10H2,1-2H3,(H,30,35). The summed E-state index contributed by atoms with van der Waals surface area (Å²) in [5, 5.41) is 10.7. The van der Waals surface area contributed by atoms with E-state index in [1.165, 1.54) is 28.3 Å². The van der Waals surface area contributed by atoms with E-state index in [0.29, 0.717) is 42.2 Å². The maximum Gasteiger partial charge on any atom is 0.433 e. The van der Waals surface area contributed by atoms with Crippen LogP contribution in [0, 0.1) is 0 Å². The third kappa shape index (κ3) is 4.88. The van der Waals surface area contributed by atoms with E-state index in [4.69, 9.17) is 4.74 Å². The van der Waals surface area contributed by atoms with Crippen molar-refractivity contribution >= 4 is 34.5 Å². The number of anilines is 1. The minimum Gasteiger partial charge on any atom is -0.378 e. The average molecular weight is 548 g/mol. The van der Waals surface area contributed by atoms with Crippen LogP contribution in [-0.2, 0) is 23.9 Å². The number of aromatic nitrogens is 5. The van der Waals surface area contributed by atoms with Crippen molar-refractivity contribution in [1.82, 2.24) is 29.3 Å². The fourth-order valence-corrected chi connectivity index (χ4v) is 5.07. The summed E-state index contributed by atoms with van der Waals surface area (Å²) in [7, 11) is 0. The van der Waals surface area contributed by atoms with E-state index in [0.717, 1.165) is 17.4 Å². The zero-order valence-corrected chi connectivity index (χ0v) is 21.4. The Kier molecular flexibility index (Phi) is 6.92. The van der Waals surface area contributed by atoms with E-state index in [9.17, 15) is 22.8 Å². The summed E-state index contributed by atoms with van der Waals surface area (Å²) in [6, 6.07) is 5.69. The van der Waals surface area contributed by atoms with Gasteiger partial charge < -0.3 is 15.0 Å². The molecule has 0 unspecified atom stereocenters. The molecule has 200 valence electrons. The number of hydrogen-bond acceptors (Lipinski definition) is 7. The SMILES string of the molecule is CCc1ccc(-c2cc(C(F)(F)F)n3nc(C(=O)Nc4cnn(CC)c4C(=O)N4CCOCC4)cc3n2)s1. The van der Waals surface area contributed by atoms with Crippen molar-refractivity contribution in [1.29, 1.82) is 0 Å². The van der Waals surface area contributed by atoms with Crippen molar-refractivity contribution in [2.24, 2.45) is 0 Å². The zero-order chi connectivity index (χ0) is 27.0. The number of thiophene rings is 1. The molecule has 0 aromatic carbocycles. The predicted octanol–water partition coefficient (Wildman–Crippen LogP) is 3.98. The molecule has 0 bridgehead atoms. The number of alkyl halides is 3. The molecule has 1 N–H and O–H groups in total. The summed E-state index contributed by atoms with van der Waals surface area (Å²) < 4.78 is 49.2. The molecule has 1 aliphatic rings. The van der Waals surface area contributed by atoms with Crippen LogP contribution in [0.15, 0.2) is 30.5 Å². The molecule has 0 saturated carbocycles. The highest BCUT2D eigenvalue weighted by Gasteiger charge is 2.36. The van der Waals surface area contributed by atoms with Gasteiger partial charge in [0.1, 0.15) is 5.69 Å². The lowest BCUT2D eigenvalue weighted by molar-refractivity contribution is -0.142. The monoisotopic (exact) mass is 547 g/mol. The molecule has 5 heterocycles. The van der Waals surface area contributed by atoms with E-state index in [2.05, 4.69) is 20.5 Å². The first kappa shape index (κ1) is 25.9. The second kappa shape index (κ2) is 10.2. The average Bonchev–Trinajstić information content (AvgIpc) is 3.65. The molecule has 5 rings (SSSR count). The largest absolute Gasteiger partial charge is 0.433 e. The Labute approximate surface area is 219 Å². The Morgan fingerprint density at radius 3 is 2.58 bits per heavy atom.